The molecule has 1 saturated carbocycles. The number of anilines is 1. The lowest BCUT2D eigenvalue weighted by atomic mass is 9.89. The van der Waals surface area contributed by atoms with Crippen molar-refractivity contribution in [2.75, 3.05) is 11.9 Å². The summed E-state index contributed by atoms with van der Waals surface area (Å²) in [7, 11) is 0. The van der Waals surface area contributed by atoms with Gasteiger partial charge in [0.1, 0.15) is 11.9 Å². The Hall–Kier alpha value is -1.63. The quantitative estimate of drug-likeness (QED) is 0.842. The van der Waals surface area contributed by atoms with E-state index in [0.29, 0.717) is 0 Å². The molecule has 4 heteroatoms. The van der Waals surface area contributed by atoms with Gasteiger partial charge in [-0.2, -0.15) is 5.26 Å². The normalized spacial score (nSPS) is 16.7. The van der Waals surface area contributed by atoms with Crippen molar-refractivity contribution >= 4 is 5.82 Å². The molecule has 84 valence electrons. The van der Waals surface area contributed by atoms with E-state index in [1.165, 1.54) is 32.1 Å². The summed E-state index contributed by atoms with van der Waals surface area (Å²) in [4.78, 5) is 7.93. The van der Waals surface area contributed by atoms with Gasteiger partial charge in [0.2, 0.25) is 5.82 Å². The summed E-state index contributed by atoms with van der Waals surface area (Å²) in [5.41, 5.74) is 0. The molecule has 16 heavy (non-hydrogen) atoms. The zero-order chi connectivity index (χ0) is 11.2. The zero-order valence-electron chi connectivity index (χ0n) is 9.32. The summed E-state index contributed by atoms with van der Waals surface area (Å²) >= 11 is 0. The van der Waals surface area contributed by atoms with Gasteiger partial charge in [-0.25, -0.2) is 9.97 Å². The largest absolute Gasteiger partial charge is 0.370 e. The first-order chi connectivity index (χ1) is 7.88. The summed E-state index contributed by atoms with van der Waals surface area (Å²) in [6.07, 6.45) is 8.31. The Kier molecular flexibility index (Phi) is 3.71. The first-order valence-corrected chi connectivity index (χ1v) is 5.85. The van der Waals surface area contributed by atoms with Gasteiger partial charge >= 0.3 is 0 Å². The highest BCUT2D eigenvalue weighted by molar-refractivity contribution is 5.34. The molecule has 0 aromatic carbocycles. The van der Waals surface area contributed by atoms with Crippen LogP contribution in [0.25, 0.3) is 0 Å². The Bertz CT molecular complexity index is 377. The summed E-state index contributed by atoms with van der Waals surface area (Å²) < 4.78 is 0. The minimum absolute atomic E-state index is 0.230. The highest BCUT2D eigenvalue weighted by Gasteiger charge is 2.12. The summed E-state index contributed by atoms with van der Waals surface area (Å²) in [5, 5.41) is 12.0. The van der Waals surface area contributed by atoms with Crippen molar-refractivity contribution in [3.05, 3.63) is 18.1 Å². The van der Waals surface area contributed by atoms with Crippen molar-refractivity contribution in [1.82, 2.24) is 9.97 Å². The lowest BCUT2D eigenvalue weighted by Gasteiger charge is -2.21. The molecule has 0 unspecified atom stereocenters. The third-order valence-corrected chi connectivity index (χ3v) is 3.05. The number of nitrogens with one attached hydrogen (secondary N) is 1. The number of nitrogens with zero attached hydrogens (tertiary/aromatic N) is 3. The van der Waals surface area contributed by atoms with Crippen LogP contribution in [0.15, 0.2) is 12.3 Å². The first kappa shape index (κ1) is 10.9. The van der Waals surface area contributed by atoms with E-state index in [0.717, 1.165) is 18.3 Å². The molecule has 0 saturated heterocycles. The standard InChI is InChI=1S/C12H16N4/c13-8-12-14-7-6-11(16-12)15-9-10-4-2-1-3-5-10/h6-7,10H,1-5,9H2,(H,14,15,16). The van der Waals surface area contributed by atoms with Crippen LogP contribution >= 0.6 is 0 Å². The second-order valence-corrected chi connectivity index (χ2v) is 4.26. The van der Waals surface area contributed by atoms with Crippen LogP contribution in [-0.4, -0.2) is 16.5 Å². The van der Waals surface area contributed by atoms with Crippen LogP contribution in [0.2, 0.25) is 0 Å². The second-order valence-electron chi connectivity index (χ2n) is 4.26. The molecule has 0 radical (unpaired) electrons. The number of hydrogen-bond donors (Lipinski definition) is 1. The fourth-order valence-electron chi connectivity index (χ4n) is 2.15. The van der Waals surface area contributed by atoms with Gasteiger partial charge in [0.15, 0.2) is 0 Å². The molecule has 0 bridgehead atoms. The van der Waals surface area contributed by atoms with Crippen LogP contribution in [0.3, 0.4) is 0 Å². The molecule has 0 atom stereocenters. The number of hydrogen-bond acceptors (Lipinski definition) is 4. The summed E-state index contributed by atoms with van der Waals surface area (Å²) in [5.74, 6) is 1.75. The molecule has 1 aromatic heterocycles. The average molecular weight is 216 g/mol. The van der Waals surface area contributed by atoms with Crippen LogP contribution < -0.4 is 5.32 Å². The molecule has 0 aliphatic heterocycles. The Morgan fingerprint density at radius 2 is 2.19 bits per heavy atom. The Morgan fingerprint density at radius 1 is 1.38 bits per heavy atom. The second kappa shape index (κ2) is 5.45. The minimum atomic E-state index is 0.230. The molecule has 1 aromatic rings. The molecule has 2 rings (SSSR count). The van der Waals surface area contributed by atoms with E-state index in [4.69, 9.17) is 5.26 Å². The maximum Gasteiger partial charge on any atom is 0.234 e. The summed E-state index contributed by atoms with van der Waals surface area (Å²) in [6, 6.07) is 3.75. The minimum Gasteiger partial charge on any atom is -0.370 e. The molecule has 1 aliphatic rings. The molecular weight excluding hydrogens is 200 g/mol. The topological polar surface area (TPSA) is 61.6 Å². The Morgan fingerprint density at radius 3 is 2.94 bits per heavy atom. The zero-order valence-corrected chi connectivity index (χ0v) is 9.32. The third-order valence-electron chi connectivity index (χ3n) is 3.05. The number of aromatic nitrogens is 2. The van der Waals surface area contributed by atoms with Gasteiger partial charge in [-0.3, -0.25) is 0 Å². The van der Waals surface area contributed by atoms with E-state index in [2.05, 4.69) is 15.3 Å². The van der Waals surface area contributed by atoms with Gasteiger partial charge in [0, 0.05) is 12.7 Å². The summed E-state index contributed by atoms with van der Waals surface area (Å²) in [6.45, 7) is 0.960. The molecule has 0 amide bonds. The fourth-order valence-corrected chi connectivity index (χ4v) is 2.15. The van der Waals surface area contributed by atoms with Crippen LogP contribution in [0.5, 0.6) is 0 Å². The smallest absolute Gasteiger partial charge is 0.234 e. The first-order valence-electron chi connectivity index (χ1n) is 5.85. The molecule has 1 heterocycles. The molecular formula is C12H16N4. The highest BCUT2D eigenvalue weighted by atomic mass is 15.0. The Labute approximate surface area is 95.7 Å². The molecule has 1 aliphatic carbocycles. The van der Waals surface area contributed by atoms with Gasteiger partial charge in [-0.05, 0) is 24.8 Å². The van der Waals surface area contributed by atoms with Gasteiger partial charge in [0.05, 0.1) is 0 Å². The van der Waals surface area contributed by atoms with Crippen LogP contribution in [0.4, 0.5) is 5.82 Å². The number of rotatable bonds is 3. The number of nitriles is 1. The van der Waals surface area contributed by atoms with Crippen molar-refractivity contribution in [2.45, 2.75) is 32.1 Å². The predicted octanol–water partition coefficient (Wildman–Crippen LogP) is 2.34. The highest BCUT2D eigenvalue weighted by Crippen LogP contribution is 2.23. The van der Waals surface area contributed by atoms with Crippen LogP contribution in [0, 0.1) is 17.2 Å². The predicted molar refractivity (Wildman–Crippen MR) is 61.8 cm³/mol. The molecule has 1 N–H and O–H groups in total. The lowest BCUT2D eigenvalue weighted by Crippen LogP contribution is -2.17. The van der Waals surface area contributed by atoms with E-state index in [9.17, 15) is 0 Å². The van der Waals surface area contributed by atoms with Gasteiger partial charge in [0.25, 0.3) is 0 Å². The molecule has 4 nitrogen and oxygen atoms in total. The van der Waals surface area contributed by atoms with E-state index in [-0.39, 0.29) is 5.82 Å². The van der Waals surface area contributed by atoms with Crippen molar-refractivity contribution in [1.29, 1.82) is 5.26 Å². The van der Waals surface area contributed by atoms with E-state index < -0.39 is 0 Å². The van der Waals surface area contributed by atoms with Gasteiger partial charge < -0.3 is 5.32 Å². The van der Waals surface area contributed by atoms with Crippen molar-refractivity contribution < 1.29 is 0 Å². The van der Waals surface area contributed by atoms with Crippen LogP contribution in [-0.2, 0) is 0 Å². The van der Waals surface area contributed by atoms with Crippen molar-refractivity contribution in [3.8, 4) is 6.07 Å². The maximum absolute atomic E-state index is 8.68. The van der Waals surface area contributed by atoms with Gasteiger partial charge in [-0.15, -0.1) is 0 Å². The lowest BCUT2D eigenvalue weighted by molar-refractivity contribution is 0.373. The van der Waals surface area contributed by atoms with Crippen molar-refractivity contribution in [3.63, 3.8) is 0 Å². The van der Waals surface area contributed by atoms with Crippen molar-refractivity contribution in [2.24, 2.45) is 5.92 Å². The Balaban J connectivity index is 1.86. The SMILES string of the molecule is N#Cc1nccc(NCC2CCCCC2)n1. The van der Waals surface area contributed by atoms with Gasteiger partial charge in [-0.1, -0.05) is 19.3 Å². The average Bonchev–Trinajstić information content (AvgIpc) is 2.38. The van der Waals surface area contributed by atoms with E-state index >= 15 is 0 Å². The monoisotopic (exact) mass is 216 g/mol. The van der Waals surface area contributed by atoms with Crippen LogP contribution in [0.1, 0.15) is 37.9 Å². The molecule has 1 fully saturated rings. The molecule has 0 spiro atoms. The maximum atomic E-state index is 8.68. The van der Waals surface area contributed by atoms with E-state index in [1.54, 1.807) is 6.20 Å². The van der Waals surface area contributed by atoms with E-state index in [1.807, 2.05) is 12.1 Å². The third kappa shape index (κ3) is 2.93. The fraction of sp³-hybridized carbons (Fsp3) is 0.583.